The van der Waals surface area contributed by atoms with Gasteiger partial charge in [0, 0.05) is 17.1 Å². The smallest absolute Gasteiger partial charge is 0.291 e. The molecule has 1 N–H and O–H groups in total. The maximum atomic E-state index is 12.8. The lowest BCUT2D eigenvalue weighted by molar-refractivity contribution is 0.0940. The molecule has 5 nitrogen and oxygen atoms in total. The van der Waals surface area contributed by atoms with Crippen LogP contribution in [0.15, 0.2) is 72.8 Å². The Bertz CT molecular complexity index is 1180. The van der Waals surface area contributed by atoms with E-state index in [2.05, 4.69) is 15.4 Å². The minimum atomic E-state index is -0.321. The molecule has 0 radical (unpaired) electrons. The van der Waals surface area contributed by atoms with E-state index in [1.807, 2.05) is 74.5 Å². The molecule has 0 unspecified atom stereocenters. The quantitative estimate of drug-likeness (QED) is 0.490. The molecule has 0 spiro atoms. The van der Waals surface area contributed by atoms with E-state index >= 15 is 0 Å². The molecule has 0 aliphatic carbocycles. The Kier molecular flexibility index (Phi) is 5.63. The van der Waals surface area contributed by atoms with Gasteiger partial charge in [0.1, 0.15) is 0 Å². The van der Waals surface area contributed by atoms with E-state index in [1.54, 1.807) is 16.8 Å². The first kappa shape index (κ1) is 19.9. The molecule has 4 rings (SSSR count). The first-order valence-corrected chi connectivity index (χ1v) is 10.0. The highest BCUT2D eigenvalue weighted by Crippen LogP contribution is 2.25. The fourth-order valence-corrected chi connectivity index (χ4v) is 3.29. The van der Waals surface area contributed by atoms with Gasteiger partial charge in [0.05, 0.1) is 5.69 Å². The van der Waals surface area contributed by atoms with Crippen molar-refractivity contribution in [1.29, 1.82) is 0 Å². The third-order valence-electron chi connectivity index (χ3n) is 4.80. The zero-order valence-corrected chi connectivity index (χ0v) is 17.5. The van der Waals surface area contributed by atoms with E-state index in [0.717, 1.165) is 27.9 Å². The lowest BCUT2D eigenvalue weighted by Gasteiger charge is -2.10. The van der Waals surface area contributed by atoms with Crippen molar-refractivity contribution in [3.8, 4) is 17.1 Å². The van der Waals surface area contributed by atoms with Crippen LogP contribution < -0.4 is 5.32 Å². The molecule has 0 aliphatic heterocycles. The van der Waals surface area contributed by atoms with Crippen LogP contribution in [0, 0.1) is 13.8 Å². The van der Waals surface area contributed by atoms with Crippen LogP contribution in [0.25, 0.3) is 17.1 Å². The molecule has 0 bridgehead atoms. The van der Waals surface area contributed by atoms with E-state index in [1.165, 1.54) is 0 Å². The SMILES string of the molecule is Cc1ccc(C)c(-n2nc(C(=O)NCc3ccccc3)nc2-c2ccc(Cl)cc2)c1. The molecule has 6 heteroatoms. The maximum Gasteiger partial charge on any atom is 0.291 e. The van der Waals surface area contributed by atoms with Crippen molar-refractivity contribution in [2.45, 2.75) is 20.4 Å². The van der Waals surface area contributed by atoms with Crippen molar-refractivity contribution in [3.63, 3.8) is 0 Å². The lowest BCUT2D eigenvalue weighted by atomic mass is 10.1. The molecule has 0 saturated heterocycles. The summed E-state index contributed by atoms with van der Waals surface area (Å²) >= 11 is 6.05. The number of hydrogen-bond acceptors (Lipinski definition) is 3. The predicted molar refractivity (Wildman–Crippen MR) is 119 cm³/mol. The van der Waals surface area contributed by atoms with Crippen LogP contribution in [0.2, 0.25) is 5.02 Å². The summed E-state index contributed by atoms with van der Waals surface area (Å²) in [6, 6.07) is 23.2. The van der Waals surface area contributed by atoms with Gasteiger partial charge in [-0.25, -0.2) is 9.67 Å². The van der Waals surface area contributed by atoms with Crippen LogP contribution in [0.1, 0.15) is 27.3 Å². The van der Waals surface area contributed by atoms with Gasteiger partial charge in [0.2, 0.25) is 5.82 Å². The molecule has 0 atom stereocenters. The average molecular weight is 417 g/mol. The van der Waals surface area contributed by atoms with E-state index in [4.69, 9.17) is 11.6 Å². The minimum Gasteiger partial charge on any atom is -0.345 e. The van der Waals surface area contributed by atoms with Gasteiger partial charge in [0.25, 0.3) is 5.91 Å². The highest BCUT2D eigenvalue weighted by atomic mass is 35.5. The number of aryl methyl sites for hydroxylation is 2. The Balaban J connectivity index is 1.73. The van der Waals surface area contributed by atoms with Gasteiger partial charge in [0.15, 0.2) is 5.82 Å². The monoisotopic (exact) mass is 416 g/mol. The third-order valence-corrected chi connectivity index (χ3v) is 5.05. The van der Waals surface area contributed by atoms with Crippen LogP contribution in [-0.2, 0) is 6.54 Å². The van der Waals surface area contributed by atoms with E-state index in [0.29, 0.717) is 17.4 Å². The second-order valence-electron chi connectivity index (χ2n) is 7.14. The van der Waals surface area contributed by atoms with Crippen LogP contribution >= 0.6 is 11.6 Å². The third kappa shape index (κ3) is 4.26. The van der Waals surface area contributed by atoms with E-state index in [-0.39, 0.29) is 11.7 Å². The standard InChI is InChI=1S/C24H21ClN4O/c1-16-8-9-17(2)21(14-16)29-23(19-10-12-20(25)13-11-19)27-22(28-29)24(30)26-15-18-6-4-3-5-7-18/h3-14H,15H2,1-2H3,(H,26,30). The molecule has 3 aromatic carbocycles. The topological polar surface area (TPSA) is 59.8 Å². The Morgan fingerprint density at radius 2 is 1.73 bits per heavy atom. The summed E-state index contributed by atoms with van der Waals surface area (Å²) in [6.07, 6.45) is 0. The number of aromatic nitrogens is 3. The van der Waals surface area contributed by atoms with Gasteiger partial charge in [-0.2, -0.15) is 0 Å². The number of nitrogens with one attached hydrogen (secondary N) is 1. The number of carbonyl (C=O) groups excluding carboxylic acids is 1. The average Bonchev–Trinajstić information content (AvgIpc) is 3.20. The number of halogens is 1. The molecule has 4 aromatic rings. The fraction of sp³-hybridized carbons (Fsp3) is 0.125. The number of carbonyl (C=O) groups is 1. The second-order valence-corrected chi connectivity index (χ2v) is 7.57. The number of rotatable bonds is 5. The van der Waals surface area contributed by atoms with Crippen molar-refractivity contribution in [1.82, 2.24) is 20.1 Å². The van der Waals surface area contributed by atoms with E-state index < -0.39 is 0 Å². The highest BCUT2D eigenvalue weighted by Gasteiger charge is 2.19. The number of amides is 1. The summed E-state index contributed by atoms with van der Waals surface area (Å²) in [5, 5.41) is 8.09. The molecule has 1 heterocycles. The van der Waals surface area contributed by atoms with Crippen LogP contribution in [0.4, 0.5) is 0 Å². The number of hydrogen-bond donors (Lipinski definition) is 1. The van der Waals surface area contributed by atoms with Gasteiger partial charge >= 0.3 is 0 Å². The first-order valence-electron chi connectivity index (χ1n) is 9.64. The highest BCUT2D eigenvalue weighted by molar-refractivity contribution is 6.30. The summed E-state index contributed by atoms with van der Waals surface area (Å²) in [6.45, 7) is 4.44. The minimum absolute atomic E-state index is 0.122. The summed E-state index contributed by atoms with van der Waals surface area (Å²) in [5.41, 5.74) is 4.86. The largest absolute Gasteiger partial charge is 0.345 e. The Morgan fingerprint density at radius 3 is 2.47 bits per heavy atom. The molecule has 0 aliphatic rings. The Hall–Kier alpha value is -3.44. The first-order chi connectivity index (χ1) is 14.5. The fourth-order valence-electron chi connectivity index (χ4n) is 3.17. The molecule has 0 fully saturated rings. The Labute approximate surface area is 180 Å². The van der Waals surface area contributed by atoms with Crippen molar-refractivity contribution in [2.24, 2.45) is 0 Å². The van der Waals surface area contributed by atoms with Gasteiger partial charge in [-0.1, -0.05) is 54.1 Å². The molecule has 30 heavy (non-hydrogen) atoms. The van der Waals surface area contributed by atoms with E-state index in [9.17, 15) is 4.79 Å². The van der Waals surface area contributed by atoms with Crippen molar-refractivity contribution < 1.29 is 4.79 Å². The predicted octanol–water partition coefficient (Wildman–Crippen LogP) is 5.13. The summed E-state index contributed by atoms with van der Waals surface area (Å²) < 4.78 is 1.73. The lowest BCUT2D eigenvalue weighted by Crippen LogP contribution is -2.24. The summed E-state index contributed by atoms with van der Waals surface area (Å²) in [5.74, 6) is 0.389. The van der Waals surface area contributed by atoms with Gasteiger partial charge in [-0.15, -0.1) is 5.10 Å². The molecule has 1 amide bonds. The number of benzene rings is 3. The van der Waals surface area contributed by atoms with Crippen molar-refractivity contribution >= 4 is 17.5 Å². The van der Waals surface area contributed by atoms with Gasteiger partial charge in [-0.05, 0) is 60.9 Å². The molecule has 1 aromatic heterocycles. The summed E-state index contributed by atoms with van der Waals surface area (Å²) in [4.78, 5) is 17.3. The number of nitrogens with zero attached hydrogens (tertiary/aromatic N) is 3. The molecule has 0 saturated carbocycles. The molecule has 150 valence electrons. The Morgan fingerprint density at radius 1 is 1.00 bits per heavy atom. The van der Waals surface area contributed by atoms with Crippen LogP contribution in [-0.4, -0.2) is 20.7 Å². The zero-order chi connectivity index (χ0) is 21.1. The zero-order valence-electron chi connectivity index (χ0n) is 16.8. The van der Waals surface area contributed by atoms with Crippen molar-refractivity contribution in [3.05, 3.63) is 100 Å². The van der Waals surface area contributed by atoms with Crippen molar-refractivity contribution in [2.75, 3.05) is 0 Å². The normalized spacial score (nSPS) is 10.8. The van der Waals surface area contributed by atoms with Gasteiger partial charge < -0.3 is 5.32 Å². The van der Waals surface area contributed by atoms with Crippen LogP contribution in [0.3, 0.4) is 0 Å². The second kappa shape index (κ2) is 8.51. The molecular formula is C24H21ClN4O. The maximum absolute atomic E-state index is 12.8. The summed E-state index contributed by atoms with van der Waals surface area (Å²) in [7, 11) is 0. The molecular weight excluding hydrogens is 396 g/mol. The van der Waals surface area contributed by atoms with Gasteiger partial charge in [-0.3, -0.25) is 4.79 Å². The van der Waals surface area contributed by atoms with Crippen LogP contribution in [0.5, 0.6) is 0 Å².